The summed E-state index contributed by atoms with van der Waals surface area (Å²) in [6.07, 6.45) is 0. The lowest BCUT2D eigenvalue weighted by Gasteiger charge is -2.12. The molecule has 1 heterocycles. The van der Waals surface area contributed by atoms with Gasteiger partial charge in [-0.3, -0.25) is 0 Å². The van der Waals surface area contributed by atoms with Gasteiger partial charge in [-0.25, -0.2) is 0 Å². The Bertz CT molecular complexity index is 2590. The van der Waals surface area contributed by atoms with Crippen molar-refractivity contribution in [2.75, 3.05) is 0 Å². The van der Waals surface area contributed by atoms with Crippen molar-refractivity contribution in [3.8, 4) is 61.3 Å². The molecule has 0 saturated heterocycles. The molecular formula is C48H33N. The summed E-state index contributed by atoms with van der Waals surface area (Å²) >= 11 is 0. The van der Waals surface area contributed by atoms with Crippen LogP contribution >= 0.6 is 0 Å². The molecule has 0 aliphatic heterocycles. The molecule has 0 radical (unpaired) electrons. The third kappa shape index (κ3) is 5.42. The second kappa shape index (κ2) is 12.3. The number of para-hydroxylation sites is 1. The lowest BCUT2D eigenvalue weighted by molar-refractivity contribution is 1.18. The first-order valence-corrected chi connectivity index (χ1v) is 16.8. The van der Waals surface area contributed by atoms with Gasteiger partial charge in [0.1, 0.15) is 0 Å². The van der Waals surface area contributed by atoms with Crippen LogP contribution < -0.4 is 0 Å². The second-order valence-corrected chi connectivity index (χ2v) is 12.6. The predicted octanol–water partition coefficient (Wildman–Crippen LogP) is 13.1. The molecule has 0 amide bonds. The summed E-state index contributed by atoms with van der Waals surface area (Å²) < 4.78 is 2.41. The van der Waals surface area contributed by atoms with Crippen molar-refractivity contribution in [1.82, 2.24) is 4.57 Å². The first-order chi connectivity index (χ1) is 24.3. The minimum Gasteiger partial charge on any atom is -0.309 e. The normalized spacial score (nSPS) is 11.3. The van der Waals surface area contributed by atoms with Gasteiger partial charge in [0.05, 0.1) is 11.0 Å². The Balaban J connectivity index is 1.11. The van der Waals surface area contributed by atoms with E-state index < -0.39 is 0 Å². The quantitative estimate of drug-likeness (QED) is 0.174. The lowest BCUT2D eigenvalue weighted by Crippen LogP contribution is -1.94. The third-order valence-electron chi connectivity index (χ3n) is 9.58. The molecule has 9 aromatic rings. The lowest BCUT2D eigenvalue weighted by atomic mass is 9.96. The van der Waals surface area contributed by atoms with Crippen LogP contribution in [0.3, 0.4) is 0 Å². The summed E-state index contributed by atoms with van der Waals surface area (Å²) in [6.45, 7) is 0. The largest absolute Gasteiger partial charge is 0.309 e. The van der Waals surface area contributed by atoms with Gasteiger partial charge in [0.25, 0.3) is 0 Å². The summed E-state index contributed by atoms with van der Waals surface area (Å²) in [5, 5.41) is 2.50. The van der Waals surface area contributed by atoms with E-state index in [9.17, 15) is 0 Å². The highest BCUT2D eigenvalue weighted by molar-refractivity contribution is 6.10. The molecule has 0 N–H and O–H groups in total. The molecule has 1 nitrogen and oxygen atoms in total. The van der Waals surface area contributed by atoms with E-state index in [0.29, 0.717) is 0 Å². The molecule has 0 aliphatic rings. The standard InChI is InChI=1S/C48H33N/c1-3-13-34(14-4-1)36-17-9-19-38(29-36)39-20-11-22-41(31-39)43-27-28-48-46(33-43)45-25-7-8-26-47(45)49(48)44-24-12-23-42(32-44)40-21-10-18-37(30-40)35-15-5-2-6-16-35/h1-33H. The first-order valence-electron chi connectivity index (χ1n) is 16.8. The highest BCUT2D eigenvalue weighted by atomic mass is 15.0. The smallest absolute Gasteiger partial charge is 0.0541 e. The molecule has 0 bridgehead atoms. The maximum atomic E-state index is 2.41. The van der Waals surface area contributed by atoms with Gasteiger partial charge in [-0.05, 0) is 104 Å². The monoisotopic (exact) mass is 623 g/mol. The molecular weight excluding hydrogens is 591 g/mol. The molecule has 8 aromatic carbocycles. The van der Waals surface area contributed by atoms with Gasteiger partial charge < -0.3 is 4.57 Å². The van der Waals surface area contributed by atoms with Gasteiger partial charge in [0, 0.05) is 16.5 Å². The maximum Gasteiger partial charge on any atom is 0.0541 e. The van der Waals surface area contributed by atoms with Crippen LogP contribution in [0.5, 0.6) is 0 Å². The van der Waals surface area contributed by atoms with Gasteiger partial charge in [-0.15, -0.1) is 0 Å². The number of fused-ring (bicyclic) bond motifs is 3. The zero-order valence-corrected chi connectivity index (χ0v) is 27.0. The van der Waals surface area contributed by atoms with Crippen LogP contribution in [0.25, 0.3) is 83.1 Å². The van der Waals surface area contributed by atoms with E-state index in [-0.39, 0.29) is 0 Å². The fraction of sp³-hybridized carbons (Fsp3) is 0. The molecule has 0 aliphatic carbocycles. The molecule has 9 rings (SSSR count). The molecule has 230 valence electrons. The van der Waals surface area contributed by atoms with Crippen LogP contribution in [-0.2, 0) is 0 Å². The number of hydrogen-bond donors (Lipinski definition) is 0. The Morgan fingerprint density at radius 1 is 0.224 bits per heavy atom. The topological polar surface area (TPSA) is 4.93 Å². The Kier molecular flexibility index (Phi) is 7.22. The number of rotatable bonds is 6. The second-order valence-electron chi connectivity index (χ2n) is 12.6. The summed E-state index contributed by atoms with van der Waals surface area (Å²) in [7, 11) is 0. The maximum absolute atomic E-state index is 2.41. The van der Waals surface area contributed by atoms with Crippen LogP contribution in [0.15, 0.2) is 200 Å². The van der Waals surface area contributed by atoms with Crippen molar-refractivity contribution >= 4 is 21.8 Å². The third-order valence-corrected chi connectivity index (χ3v) is 9.58. The molecule has 0 atom stereocenters. The van der Waals surface area contributed by atoms with Crippen molar-refractivity contribution in [3.63, 3.8) is 0 Å². The summed E-state index contributed by atoms with van der Waals surface area (Å²) in [4.78, 5) is 0. The van der Waals surface area contributed by atoms with Gasteiger partial charge in [-0.2, -0.15) is 0 Å². The van der Waals surface area contributed by atoms with Crippen LogP contribution in [-0.4, -0.2) is 4.57 Å². The van der Waals surface area contributed by atoms with E-state index in [4.69, 9.17) is 0 Å². The average Bonchev–Trinajstić information content (AvgIpc) is 3.52. The number of aromatic nitrogens is 1. The Morgan fingerprint density at radius 2 is 0.612 bits per heavy atom. The van der Waals surface area contributed by atoms with E-state index in [0.717, 1.165) is 5.69 Å². The minimum atomic E-state index is 1.15. The SMILES string of the molecule is c1ccc(-c2cccc(-c3cccc(-c4ccc5c(c4)c4ccccc4n5-c4cccc(-c5cccc(-c6ccccc6)c5)c4)c3)c2)cc1. The molecule has 1 heteroatoms. The van der Waals surface area contributed by atoms with Crippen molar-refractivity contribution in [1.29, 1.82) is 0 Å². The summed E-state index contributed by atoms with van der Waals surface area (Å²) in [5.41, 5.74) is 15.7. The fourth-order valence-electron chi connectivity index (χ4n) is 7.15. The van der Waals surface area contributed by atoms with Crippen LogP contribution in [0.1, 0.15) is 0 Å². The van der Waals surface area contributed by atoms with Crippen molar-refractivity contribution in [2.24, 2.45) is 0 Å². The first kappa shape index (κ1) is 28.8. The van der Waals surface area contributed by atoms with Gasteiger partial charge in [0.15, 0.2) is 0 Å². The van der Waals surface area contributed by atoms with E-state index >= 15 is 0 Å². The molecule has 0 unspecified atom stereocenters. The molecule has 0 saturated carbocycles. The Morgan fingerprint density at radius 3 is 1.16 bits per heavy atom. The van der Waals surface area contributed by atoms with Crippen molar-refractivity contribution in [2.45, 2.75) is 0 Å². The molecule has 0 spiro atoms. The van der Waals surface area contributed by atoms with E-state index in [1.54, 1.807) is 0 Å². The molecule has 0 fully saturated rings. The Hall–Kier alpha value is -6.44. The van der Waals surface area contributed by atoms with Gasteiger partial charge in [-0.1, -0.05) is 152 Å². The van der Waals surface area contributed by atoms with Gasteiger partial charge in [0.2, 0.25) is 0 Å². The minimum absolute atomic E-state index is 1.15. The predicted molar refractivity (Wildman–Crippen MR) is 208 cm³/mol. The number of hydrogen-bond acceptors (Lipinski definition) is 0. The molecule has 1 aromatic heterocycles. The van der Waals surface area contributed by atoms with Crippen LogP contribution in [0, 0.1) is 0 Å². The highest BCUT2D eigenvalue weighted by Gasteiger charge is 2.14. The van der Waals surface area contributed by atoms with Crippen molar-refractivity contribution < 1.29 is 0 Å². The van der Waals surface area contributed by atoms with E-state index in [2.05, 4.69) is 205 Å². The molecule has 49 heavy (non-hydrogen) atoms. The number of benzene rings is 8. The Labute approximate surface area is 287 Å². The van der Waals surface area contributed by atoms with Crippen LogP contribution in [0.4, 0.5) is 0 Å². The average molecular weight is 624 g/mol. The van der Waals surface area contributed by atoms with E-state index in [1.165, 1.54) is 77.4 Å². The summed E-state index contributed by atoms with van der Waals surface area (Å²) in [6, 6.07) is 72.4. The van der Waals surface area contributed by atoms with Crippen LogP contribution in [0.2, 0.25) is 0 Å². The zero-order valence-electron chi connectivity index (χ0n) is 27.0. The van der Waals surface area contributed by atoms with E-state index in [1.807, 2.05) is 0 Å². The number of nitrogens with zero attached hydrogens (tertiary/aromatic N) is 1. The highest BCUT2D eigenvalue weighted by Crippen LogP contribution is 2.37. The summed E-state index contributed by atoms with van der Waals surface area (Å²) in [5.74, 6) is 0. The van der Waals surface area contributed by atoms with Gasteiger partial charge >= 0.3 is 0 Å². The zero-order chi connectivity index (χ0) is 32.6. The van der Waals surface area contributed by atoms with Crippen molar-refractivity contribution in [3.05, 3.63) is 200 Å². The fourth-order valence-corrected chi connectivity index (χ4v) is 7.15.